The number of hydrogen-bond donors (Lipinski definition) is 2. The van der Waals surface area contributed by atoms with E-state index in [0.29, 0.717) is 17.3 Å². The molecule has 7 rings (SSSR count). The van der Waals surface area contributed by atoms with Crippen LogP contribution < -0.4 is 26.4 Å². The van der Waals surface area contributed by atoms with Gasteiger partial charge in [0.05, 0.1) is 10.9 Å². The number of benzene rings is 6. The maximum atomic E-state index is 15.4. The number of aromatic nitrogens is 1. The van der Waals surface area contributed by atoms with Gasteiger partial charge in [0.1, 0.15) is 52.7 Å². The van der Waals surface area contributed by atoms with Crippen molar-refractivity contribution in [2.45, 2.75) is 6.54 Å². The van der Waals surface area contributed by atoms with Crippen molar-refractivity contribution >= 4 is 50.7 Å². The molecule has 7 aromatic rings. The molecule has 0 bridgehead atoms. The summed E-state index contributed by atoms with van der Waals surface area (Å²) in [4.78, 5) is 22.9. The monoisotopic (exact) mass is 987 g/mol. The van der Waals surface area contributed by atoms with Gasteiger partial charge in [-0.1, -0.05) is 36.4 Å². The van der Waals surface area contributed by atoms with Gasteiger partial charge in [-0.15, -0.1) is 21.9 Å². The fraction of sp³-hybridized carbons (Fsp3) is 0.0238. The second-order valence-corrected chi connectivity index (χ2v) is 14.0. The van der Waals surface area contributed by atoms with Crippen LogP contribution in [0.5, 0.6) is 0 Å². The summed E-state index contributed by atoms with van der Waals surface area (Å²) >= 11 is 0. The van der Waals surface area contributed by atoms with E-state index >= 15 is 35.1 Å². The lowest BCUT2D eigenvalue weighted by Crippen LogP contribution is -2.81. The summed E-state index contributed by atoms with van der Waals surface area (Å²) in [5, 5.41) is 19.8. The molecule has 0 saturated carbocycles. The van der Waals surface area contributed by atoms with Crippen molar-refractivity contribution in [3.8, 4) is 0 Å². The number of halogens is 20. The number of carboxylic acids is 2. The Morgan fingerprint density at radius 3 is 1.00 bits per heavy atom. The van der Waals surface area contributed by atoms with Crippen LogP contribution in [0, 0.1) is 116 Å². The molecule has 354 valence electrons. The molecule has 5 nitrogen and oxygen atoms in total. The minimum absolute atomic E-state index is 0.0671. The van der Waals surface area contributed by atoms with E-state index < -0.39 is 156 Å². The maximum absolute atomic E-state index is 15.4. The van der Waals surface area contributed by atoms with Crippen LogP contribution in [-0.2, 0) is 6.54 Å². The summed E-state index contributed by atoms with van der Waals surface area (Å²) in [5.74, 6) is -73.6. The van der Waals surface area contributed by atoms with Crippen molar-refractivity contribution in [2.75, 3.05) is 0 Å². The van der Waals surface area contributed by atoms with E-state index in [1.54, 1.807) is 22.9 Å². The van der Waals surface area contributed by atoms with Crippen LogP contribution in [-0.4, -0.2) is 28.3 Å². The molecule has 6 aromatic carbocycles. The third kappa shape index (κ3) is 7.65. The van der Waals surface area contributed by atoms with Gasteiger partial charge in [-0.3, -0.25) is 0 Å². The Hall–Kier alpha value is -7.67. The Balaban J connectivity index is 0.000000276. The van der Waals surface area contributed by atoms with E-state index in [9.17, 15) is 67.4 Å². The Morgan fingerprint density at radius 1 is 0.397 bits per heavy atom. The smallest absolute Gasteiger partial charge is 0.401 e. The fourth-order valence-corrected chi connectivity index (χ4v) is 7.46. The van der Waals surface area contributed by atoms with Gasteiger partial charge in [0.2, 0.25) is 0 Å². The van der Waals surface area contributed by atoms with E-state index in [0.717, 1.165) is 5.56 Å². The molecule has 0 aliphatic carbocycles. The number of fused-ring (bicyclic) bond motifs is 1. The molecule has 1 aromatic heterocycles. The van der Waals surface area contributed by atoms with E-state index in [1.807, 2.05) is 30.3 Å². The zero-order valence-corrected chi connectivity index (χ0v) is 32.3. The number of carbonyl (C=O) groups is 2. The lowest BCUT2D eigenvalue weighted by molar-refractivity contribution is -0.689. The Morgan fingerprint density at radius 2 is 0.706 bits per heavy atom. The molecule has 1 heterocycles. The van der Waals surface area contributed by atoms with E-state index in [4.69, 9.17) is 5.11 Å². The zero-order valence-electron chi connectivity index (χ0n) is 32.3. The summed E-state index contributed by atoms with van der Waals surface area (Å²) < 4.78 is 296. The van der Waals surface area contributed by atoms with Crippen LogP contribution in [0.1, 0.15) is 26.4 Å². The molecular weight excluding hydrogens is 973 g/mol. The molecule has 0 fully saturated rings. The van der Waals surface area contributed by atoms with Gasteiger partial charge < -0.3 is 10.2 Å². The van der Waals surface area contributed by atoms with Gasteiger partial charge >= 0.3 is 11.9 Å². The second kappa shape index (κ2) is 18.2. The lowest BCUT2D eigenvalue weighted by atomic mass is 9.12. The normalized spacial score (nSPS) is 11.5. The zero-order chi connectivity index (χ0) is 50.8. The van der Waals surface area contributed by atoms with Gasteiger partial charge in [-0.05, 0) is 17.5 Å². The maximum Gasteiger partial charge on any atom is 0.401 e. The van der Waals surface area contributed by atoms with Crippen molar-refractivity contribution < 1.29 is 112 Å². The topological polar surface area (TPSA) is 78.5 Å². The highest BCUT2D eigenvalue weighted by Gasteiger charge is 2.52. The molecule has 68 heavy (non-hydrogen) atoms. The molecule has 2 N–H and O–H groups in total. The van der Waals surface area contributed by atoms with Crippen LogP contribution in [0.3, 0.4) is 0 Å². The molecule has 0 amide bonds. The van der Waals surface area contributed by atoms with Gasteiger partial charge in [0.25, 0.3) is 5.69 Å². The molecule has 0 spiro atoms. The molecule has 0 unspecified atom stereocenters. The van der Waals surface area contributed by atoms with Crippen LogP contribution in [0.2, 0.25) is 0 Å². The highest BCUT2D eigenvalue weighted by Crippen LogP contribution is 2.31. The van der Waals surface area contributed by atoms with Gasteiger partial charge in [0, 0.05) is 11.6 Å². The van der Waals surface area contributed by atoms with E-state index in [1.165, 1.54) is 12.1 Å². The summed E-state index contributed by atoms with van der Waals surface area (Å²) in [7, 11) is 0. The number of carboxylic acid groups (broad SMARTS) is 2. The third-order valence-electron chi connectivity index (χ3n) is 10.4. The SMILES string of the molecule is Fc1c(F)c(F)c([B-](c2c(F)c(F)c(F)c(F)c2F)(c2c(F)c(F)c(F)c(F)c2F)c2c(F)c(F)c(F)c(F)c2F)c(F)c1F.O=C(O)c1ccc2cc[n+](Cc3ccccc3)c(C(=O)O)c2c1. The van der Waals surface area contributed by atoms with Crippen molar-refractivity contribution in [3.63, 3.8) is 0 Å². The van der Waals surface area contributed by atoms with Crippen molar-refractivity contribution in [1.82, 2.24) is 0 Å². The molecule has 0 saturated heterocycles. The van der Waals surface area contributed by atoms with E-state index in [2.05, 4.69) is 0 Å². The standard InChI is InChI=1S/C24BF20.C18H13NO4/c26-5-1(6(27)14(35)21(42)13(5)34)25(2-7(28)15(36)22(43)16(37)8(2)29,3-9(30)17(38)23(44)18(39)10(3)31)4-11(32)19(40)24(45)20(41)12(4)33;20-17(21)14-7-6-13-8-9-19(11-12-4-2-1-3-5-12)16(18(22)23)15(13)10-14/h;1-10H,11H2,(H-,20,21,22,23)/q-1;/p+1. The minimum Gasteiger partial charge on any atom is -0.478 e. The average molecular weight is 987 g/mol. The van der Waals surface area contributed by atoms with Crippen LogP contribution in [0.15, 0.2) is 60.8 Å². The highest BCUT2D eigenvalue weighted by atomic mass is 19.2. The lowest BCUT2D eigenvalue weighted by Gasteiger charge is -2.44. The number of aromatic carboxylic acids is 2. The predicted molar refractivity (Wildman–Crippen MR) is 193 cm³/mol. The number of pyridine rings is 1. The number of hydrogen-bond acceptors (Lipinski definition) is 2. The molecule has 26 heteroatoms. The first-order valence-corrected chi connectivity index (χ1v) is 18.0. The molecule has 0 aliphatic heterocycles. The molecule has 0 aliphatic rings. The first-order chi connectivity index (χ1) is 31.8. The quantitative estimate of drug-likeness (QED) is 0.0528. The van der Waals surface area contributed by atoms with Crippen LogP contribution >= 0.6 is 0 Å². The predicted octanol–water partition coefficient (Wildman–Crippen LogP) is 8.42. The number of rotatable bonds is 8. The van der Waals surface area contributed by atoms with Crippen molar-refractivity contribution in [3.05, 3.63) is 194 Å². The number of nitrogens with zero attached hydrogens (tertiary/aromatic N) is 1. The molecular formula is C42H14BF20NO4. The van der Waals surface area contributed by atoms with Crippen LogP contribution in [0.25, 0.3) is 10.8 Å². The third-order valence-corrected chi connectivity index (χ3v) is 10.4. The fourth-order valence-electron chi connectivity index (χ4n) is 7.46. The van der Waals surface area contributed by atoms with Crippen LogP contribution in [0.4, 0.5) is 87.8 Å². The second-order valence-electron chi connectivity index (χ2n) is 14.0. The average Bonchev–Trinajstić information content (AvgIpc) is 3.31. The molecule has 0 atom stereocenters. The Bertz CT molecular complexity index is 2900. The summed E-state index contributed by atoms with van der Waals surface area (Å²) in [6.07, 6.45) is -5.51. The van der Waals surface area contributed by atoms with Gasteiger partial charge in [-0.2, -0.15) is 4.57 Å². The Kier molecular flexibility index (Phi) is 13.3. The summed E-state index contributed by atoms with van der Waals surface area (Å²) in [5.41, 5.74) is -13.2. The van der Waals surface area contributed by atoms with E-state index in [-0.39, 0.29) is 11.3 Å². The largest absolute Gasteiger partial charge is 0.478 e. The summed E-state index contributed by atoms with van der Waals surface area (Å²) in [6.45, 7) is 0.399. The first kappa shape index (κ1) is 49.8. The first-order valence-electron chi connectivity index (χ1n) is 18.0. The minimum atomic E-state index is -7.22. The van der Waals surface area contributed by atoms with Crippen molar-refractivity contribution in [2.24, 2.45) is 0 Å². The van der Waals surface area contributed by atoms with Crippen molar-refractivity contribution in [1.29, 1.82) is 0 Å². The van der Waals surface area contributed by atoms with Gasteiger partial charge in [0.15, 0.2) is 82.5 Å². The molecule has 0 radical (unpaired) electrons. The highest BCUT2D eigenvalue weighted by molar-refractivity contribution is 7.20. The Labute approximate surface area is 363 Å². The van der Waals surface area contributed by atoms with Gasteiger partial charge in [-0.25, -0.2) is 97.4 Å². The summed E-state index contributed by atoms with van der Waals surface area (Å²) in [6, 6.07) is 15.8.